The van der Waals surface area contributed by atoms with Gasteiger partial charge in [0.1, 0.15) is 5.92 Å². The number of carbonyl (C=O) groups excluding carboxylic acids is 1. The first kappa shape index (κ1) is 8.10. The van der Waals surface area contributed by atoms with Crippen LogP contribution >= 0.6 is 0 Å². The molecule has 13 heavy (non-hydrogen) atoms. The van der Waals surface area contributed by atoms with Crippen molar-refractivity contribution < 1.29 is 9.53 Å². The van der Waals surface area contributed by atoms with Crippen molar-refractivity contribution in [3.63, 3.8) is 0 Å². The standard InChI is InChI=1S/C10H11NO2/c1-13-10(12)8-6-11-9-5-3-2-4-7(8)9/h2-5,8,11H,6H2,1H3. The highest BCUT2D eigenvalue weighted by Gasteiger charge is 2.28. The van der Waals surface area contributed by atoms with Gasteiger partial charge in [-0.15, -0.1) is 0 Å². The van der Waals surface area contributed by atoms with Gasteiger partial charge in [-0.1, -0.05) is 18.2 Å². The van der Waals surface area contributed by atoms with Crippen LogP contribution in [0.3, 0.4) is 0 Å². The highest BCUT2D eigenvalue weighted by Crippen LogP contribution is 2.31. The SMILES string of the molecule is COC(=O)C1CNc2ccccc21. The summed E-state index contributed by atoms with van der Waals surface area (Å²) in [6.07, 6.45) is 0. The molecule has 1 unspecified atom stereocenters. The molecule has 0 aromatic heterocycles. The molecular formula is C10H11NO2. The van der Waals surface area contributed by atoms with Gasteiger partial charge < -0.3 is 10.1 Å². The number of hydrogen-bond acceptors (Lipinski definition) is 3. The van der Waals surface area contributed by atoms with E-state index in [-0.39, 0.29) is 11.9 Å². The van der Waals surface area contributed by atoms with E-state index in [1.807, 2.05) is 24.3 Å². The lowest BCUT2D eigenvalue weighted by atomic mass is 10.0. The Morgan fingerprint density at radius 3 is 3.08 bits per heavy atom. The topological polar surface area (TPSA) is 38.3 Å². The van der Waals surface area contributed by atoms with Crippen LogP contribution in [0.4, 0.5) is 5.69 Å². The normalized spacial score (nSPS) is 19.0. The van der Waals surface area contributed by atoms with Crippen LogP contribution < -0.4 is 5.32 Å². The third-order valence-electron chi connectivity index (χ3n) is 2.32. The predicted octanol–water partition coefficient (Wildman–Crippen LogP) is 1.37. The largest absolute Gasteiger partial charge is 0.468 e. The first-order chi connectivity index (χ1) is 6.33. The van der Waals surface area contributed by atoms with E-state index >= 15 is 0 Å². The van der Waals surface area contributed by atoms with Crippen molar-refractivity contribution >= 4 is 11.7 Å². The molecule has 1 N–H and O–H groups in total. The van der Waals surface area contributed by atoms with E-state index in [1.165, 1.54) is 7.11 Å². The summed E-state index contributed by atoms with van der Waals surface area (Å²) in [4.78, 5) is 11.3. The van der Waals surface area contributed by atoms with Gasteiger partial charge in [0.05, 0.1) is 7.11 Å². The van der Waals surface area contributed by atoms with Crippen LogP contribution in [-0.2, 0) is 9.53 Å². The van der Waals surface area contributed by atoms with E-state index < -0.39 is 0 Å². The number of benzene rings is 1. The number of carbonyl (C=O) groups is 1. The van der Waals surface area contributed by atoms with Gasteiger partial charge in [0.2, 0.25) is 0 Å². The van der Waals surface area contributed by atoms with Crippen molar-refractivity contribution in [1.82, 2.24) is 0 Å². The summed E-state index contributed by atoms with van der Waals surface area (Å²) in [5.74, 6) is -0.307. The second kappa shape index (κ2) is 3.09. The zero-order valence-corrected chi connectivity index (χ0v) is 7.41. The van der Waals surface area contributed by atoms with Gasteiger partial charge in [-0.3, -0.25) is 4.79 Å². The Labute approximate surface area is 76.7 Å². The minimum absolute atomic E-state index is 0.138. The Hall–Kier alpha value is -1.51. The summed E-state index contributed by atoms with van der Waals surface area (Å²) in [6.45, 7) is 0.645. The Bertz CT molecular complexity index is 335. The van der Waals surface area contributed by atoms with Crippen LogP contribution in [0.1, 0.15) is 11.5 Å². The van der Waals surface area contributed by atoms with Crippen LogP contribution in [0, 0.1) is 0 Å². The van der Waals surface area contributed by atoms with Gasteiger partial charge in [0.25, 0.3) is 0 Å². The first-order valence-electron chi connectivity index (χ1n) is 4.23. The summed E-state index contributed by atoms with van der Waals surface area (Å²) in [6, 6.07) is 7.81. The number of esters is 1. The lowest BCUT2D eigenvalue weighted by Crippen LogP contribution is -2.15. The van der Waals surface area contributed by atoms with Gasteiger partial charge in [-0.25, -0.2) is 0 Å². The molecule has 3 nitrogen and oxygen atoms in total. The lowest BCUT2D eigenvalue weighted by Gasteiger charge is -2.06. The number of para-hydroxylation sites is 1. The fourth-order valence-corrected chi connectivity index (χ4v) is 1.64. The van der Waals surface area contributed by atoms with Crippen molar-refractivity contribution in [3.8, 4) is 0 Å². The Kier molecular flexibility index (Phi) is 1.93. The van der Waals surface area contributed by atoms with Gasteiger partial charge in [-0.2, -0.15) is 0 Å². The maximum absolute atomic E-state index is 11.3. The number of methoxy groups -OCH3 is 1. The summed E-state index contributed by atoms with van der Waals surface area (Å²) >= 11 is 0. The van der Waals surface area contributed by atoms with E-state index in [4.69, 9.17) is 4.74 Å². The van der Waals surface area contributed by atoms with Crippen molar-refractivity contribution in [2.45, 2.75) is 5.92 Å². The van der Waals surface area contributed by atoms with Crippen LogP contribution in [0.25, 0.3) is 0 Å². The number of rotatable bonds is 1. The molecule has 1 aromatic rings. The van der Waals surface area contributed by atoms with E-state index in [2.05, 4.69) is 5.32 Å². The van der Waals surface area contributed by atoms with Crippen molar-refractivity contribution in [2.24, 2.45) is 0 Å². The maximum Gasteiger partial charge on any atom is 0.315 e. The molecular weight excluding hydrogens is 166 g/mol. The number of hydrogen-bond donors (Lipinski definition) is 1. The highest BCUT2D eigenvalue weighted by molar-refractivity contribution is 5.83. The maximum atomic E-state index is 11.3. The van der Waals surface area contributed by atoms with Gasteiger partial charge in [0, 0.05) is 12.2 Å². The first-order valence-corrected chi connectivity index (χ1v) is 4.23. The third-order valence-corrected chi connectivity index (χ3v) is 2.32. The zero-order valence-electron chi connectivity index (χ0n) is 7.41. The molecule has 2 rings (SSSR count). The molecule has 1 atom stereocenters. The second-order valence-electron chi connectivity index (χ2n) is 3.04. The monoisotopic (exact) mass is 177 g/mol. The average Bonchev–Trinajstić information content (AvgIpc) is 2.60. The Morgan fingerprint density at radius 2 is 2.31 bits per heavy atom. The van der Waals surface area contributed by atoms with E-state index in [0.717, 1.165) is 11.3 Å². The molecule has 0 bridgehead atoms. The third kappa shape index (κ3) is 1.26. The number of fused-ring (bicyclic) bond motifs is 1. The van der Waals surface area contributed by atoms with Gasteiger partial charge >= 0.3 is 5.97 Å². The molecule has 0 saturated carbocycles. The highest BCUT2D eigenvalue weighted by atomic mass is 16.5. The molecule has 0 aliphatic carbocycles. The van der Waals surface area contributed by atoms with Gasteiger partial charge in [0.15, 0.2) is 0 Å². The van der Waals surface area contributed by atoms with Crippen molar-refractivity contribution in [1.29, 1.82) is 0 Å². The fraction of sp³-hybridized carbons (Fsp3) is 0.300. The minimum Gasteiger partial charge on any atom is -0.468 e. The van der Waals surface area contributed by atoms with Crippen LogP contribution in [-0.4, -0.2) is 19.6 Å². The van der Waals surface area contributed by atoms with Crippen molar-refractivity contribution in [2.75, 3.05) is 19.0 Å². The summed E-state index contributed by atoms with van der Waals surface area (Å²) in [5.41, 5.74) is 2.08. The predicted molar refractivity (Wildman–Crippen MR) is 49.7 cm³/mol. The van der Waals surface area contributed by atoms with E-state index in [0.29, 0.717) is 6.54 Å². The quantitative estimate of drug-likeness (QED) is 0.658. The summed E-state index contributed by atoms with van der Waals surface area (Å²) < 4.78 is 4.71. The summed E-state index contributed by atoms with van der Waals surface area (Å²) in [5, 5.41) is 3.16. The minimum atomic E-state index is -0.169. The molecule has 1 aliphatic rings. The molecule has 68 valence electrons. The molecule has 0 spiro atoms. The van der Waals surface area contributed by atoms with E-state index in [1.54, 1.807) is 0 Å². The molecule has 0 saturated heterocycles. The smallest absolute Gasteiger partial charge is 0.315 e. The molecule has 0 fully saturated rings. The molecule has 1 aromatic carbocycles. The number of nitrogens with one attached hydrogen (secondary N) is 1. The average molecular weight is 177 g/mol. The number of anilines is 1. The Morgan fingerprint density at radius 1 is 1.54 bits per heavy atom. The zero-order chi connectivity index (χ0) is 9.26. The Balaban J connectivity index is 2.33. The van der Waals surface area contributed by atoms with Crippen LogP contribution in [0.2, 0.25) is 0 Å². The molecule has 1 heterocycles. The van der Waals surface area contributed by atoms with Crippen LogP contribution in [0.15, 0.2) is 24.3 Å². The van der Waals surface area contributed by atoms with Gasteiger partial charge in [-0.05, 0) is 11.6 Å². The molecule has 0 radical (unpaired) electrons. The number of ether oxygens (including phenoxy) is 1. The molecule has 0 amide bonds. The lowest BCUT2D eigenvalue weighted by molar-refractivity contribution is -0.141. The fourth-order valence-electron chi connectivity index (χ4n) is 1.64. The van der Waals surface area contributed by atoms with E-state index in [9.17, 15) is 4.79 Å². The van der Waals surface area contributed by atoms with Crippen molar-refractivity contribution in [3.05, 3.63) is 29.8 Å². The second-order valence-corrected chi connectivity index (χ2v) is 3.04. The summed E-state index contributed by atoms with van der Waals surface area (Å²) in [7, 11) is 1.42. The van der Waals surface area contributed by atoms with Crippen LogP contribution in [0.5, 0.6) is 0 Å². The molecule has 3 heteroatoms. The molecule has 1 aliphatic heterocycles.